The molecule has 20 heavy (non-hydrogen) atoms. The van der Waals surface area contributed by atoms with Crippen molar-refractivity contribution in [2.75, 3.05) is 18.4 Å². The number of nitrogens with zero attached hydrogens (tertiary/aromatic N) is 2. The summed E-state index contributed by atoms with van der Waals surface area (Å²) in [6.45, 7) is 1.33. The van der Waals surface area contributed by atoms with Crippen LogP contribution in [0.1, 0.15) is 23.8 Å². The Morgan fingerprint density at radius 2 is 2.35 bits per heavy atom. The Labute approximate surface area is 116 Å². The number of rotatable bonds is 5. The minimum absolute atomic E-state index is 0.0491. The average molecular weight is 272 g/mol. The fourth-order valence-corrected chi connectivity index (χ4v) is 2.45. The topological polar surface area (TPSA) is 80.0 Å². The van der Waals surface area contributed by atoms with E-state index in [0.717, 1.165) is 12.2 Å². The molecule has 3 rings (SSSR count). The van der Waals surface area contributed by atoms with Gasteiger partial charge >= 0.3 is 0 Å². The molecular weight excluding hydrogens is 256 g/mol. The molecule has 0 saturated heterocycles. The van der Waals surface area contributed by atoms with E-state index in [1.165, 1.54) is 11.9 Å². The summed E-state index contributed by atoms with van der Waals surface area (Å²) >= 11 is 0. The van der Waals surface area contributed by atoms with Crippen molar-refractivity contribution in [3.63, 3.8) is 0 Å². The number of benzene rings is 1. The lowest BCUT2D eigenvalue weighted by atomic mass is 9.97. The number of amides is 1. The van der Waals surface area contributed by atoms with Gasteiger partial charge in [-0.05, 0) is 11.6 Å². The van der Waals surface area contributed by atoms with Crippen molar-refractivity contribution in [1.82, 2.24) is 15.5 Å². The summed E-state index contributed by atoms with van der Waals surface area (Å²) in [5.41, 5.74) is 2.36. The number of carbonyl (C=O) groups excluding carboxylic acids is 1. The van der Waals surface area contributed by atoms with Crippen LogP contribution in [0.3, 0.4) is 0 Å². The first kappa shape index (κ1) is 12.7. The van der Waals surface area contributed by atoms with E-state index in [-0.39, 0.29) is 11.8 Å². The average Bonchev–Trinajstić information content (AvgIpc) is 3.09. The molecule has 2 heterocycles. The highest BCUT2D eigenvalue weighted by atomic mass is 16.5. The quantitative estimate of drug-likeness (QED) is 0.858. The molecule has 0 aliphatic carbocycles. The van der Waals surface area contributed by atoms with Crippen LogP contribution in [0.4, 0.5) is 5.69 Å². The van der Waals surface area contributed by atoms with Crippen LogP contribution in [0.25, 0.3) is 0 Å². The van der Waals surface area contributed by atoms with Gasteiger partial charge in [0.15, 0.2) is 6.33 Å². The molecule has 1 aromatic heterocycles. The van der Waals surface area contributed by atoms with Crippen LogP contribution in [0.2, 0.25) is 0 Å². The van der Waals surface area contributed by atoms with Gasteiger partial charge in [-0.3, -0.25) is 4.79 Å². The molecule has 0 bridgehead atoms. The molecular formula is C14H16N4O2. The van der Waals surface area contributed by atoms with E-state index in [1.54, 1.807) is 0 Å². The monoisotopic (exact) mass is 272 g/mol. The molecule has 0 radical (unpaired) electrons. The van der Waals surface area contributed by atoms with Crippen LogP contribution in [0.15, 0.2) is 35.1 Å². The summed E-state index contributed by atoms with van der Waals surface area (Å²) < 4.78 is 4.87. The third kappa shape index (κ3) is 2.79. The lowest BCUT2D eigenvalue weighted by Crippen LogP contribution is -2.27. The van der Waals surface area contributed by atoms with Gasteiger partial charge in [0, 0.05) is 37.5 Å². The van der Waals surface area contributed by atoms with E-state index in [2.05, 4.69) is 26.8 Å². The molecule has 0 spiro atoms. The Balaban J connectivity index is 1.48. The van der Waals surface area contributed by atoms with Gasteiger partial charge < -0.3 is 15.2 Å². The molecule has 2 aromatic rings. The standard InChI is InChI=1S/C14H16N4O2/c19-13(15-6-5-14-17-9-18-20-14)7-10-8-16-12-4-2-1-3-11(10)12/h1-4,9-10,16H,5-8H2,(H,15,19). The summed E-state index contributed by atoms with van der Waals surface area (Å²) in [6.07, 6.45) is 2.41. The van der Waals surface area contributed by atoms with Crippen LogP contribution in [-0.2, 0) is 11.2 Å². The second kappa shape index (κ2) is 5.73. The predicted molar refractivity (Wildman–Crippen MR) is 73.3 cm³/mol. The molecule has 1 aliphatic heterocycles. The van der Waals surface area contributed by atoms with Gasteiger partial charge in [0.1, 0.15) is 0 Å². The molecule has 2 N–H and O–H groups in total. The molecule has 1 unspecified atom stereocenters. The van der Waals surface area contributed by atoms with Crippen molar-refractivity contribution < 1.29 is 9.32 Å². The van der Waals surface area contributed by atoms with E-state index < -0.39 is 0 Å². The van der Waals surface area contributed by atoms with Gasteiger partial charge in [0.2, 0.25) is 11.8 Å². The van der Waals surface area contributed by atoms with Crippen molar-refractivity contribution in [2.24, 2.45) is 0 Å². The fraction of sp³-hybridized carbons (Fsp3) is 0.357. The van der Waals surface area contributed by atoms with Crippen LogP contribution < -0.4 is 10.6 Å². The Hall–Kier alpha value is -2.37. The molecule has 1 atom stereocenters. The van der Waals surface area contributed by atoms with Gasteiger partial charge in [-0.15, -0.1) is 0 Å². The maximum atomic E-state index is 11.9. The van der Waals surface area contributed by atoms with Crippen LogP contribution >= 0.6 is 0 Å². The van der Waals surface area contributed by atoms with Gasteiger partial charge in [0.25, 0.3) is 0 Å². The summed E-state index contributed by atoms with van der Waals surface area (Å²) in [7, 11) is 0. The van der Waals surface area contributed by atoms with Crippen LogP contribution in [0, 0.1) is 0 Å². The Kier molecular flexibility index (Phi) is 3.62. The summed E-state index contributed by atoms with van der Waals surface area (Å²) in [6, 6.07) is 8.12. The van der Waals surface area contributed by atoms with E-state index in [0.29, 0.717) is 25.3 Å². The van der Waals surface area contributed by atoms with E-state index >= 15 is 0 Å². The van der Waals surface area contributed by atoms with Gasteiger partial charge in [-0.25, -0.2) is 0 Å². The number of fused-ring (bicyclic) bond motifs is 1. The molecule has 1 aliphatic rings. The van der Waals surface area contributed by atoms with Crippen molar-refractivity contribution in [3.05, 3.63) is 42.0 Å². The van der Waals surface area contributed by atoms with Crippen LogP contribution in [-0.4, -0.2) is 29.1 Å². The first-order valence-corrected chi connectivity index (χ1v) is 6.68. The lowest BCUT2D eigenvalue weighted by Gasteiger charge is -2.10. The first-order chi connectivity index (χ1) is 9.83. The zero-order valence-corrected chi connectivity index (χ0v) is 11.0. The molecule has 6 heteroatoms. The second-order valence-electron chi connectivity index (χ2n) is 4.80. The number of nitrogens with one attached hydrogen (secondary N) is 2. The SMILES string of the molecule is O=C(CC1CNc2ccccc21)NCCc1ncno1. The van der Waals surface area contributed by atoms with Crippen molar-refractivity contribution >= 4 is 11.6 Å². The van der Waals surface area contributed by atoms with E-state index in [4.69, 9.17) is 4.52 Å². The summed E-state index contributed by atoms with van der Waals surface area (Å²) in [5.74, 6) is 0.834. The highest BCUT2D eigenvalue weighted by molar-refractivity contribution is 5.78. The smallest absolute Gasteiger partial charge is 0.228 e. The molecule has 0 fully saturated rings. The zero-order valence-electron chi connectivity index (χ0n) is 11.0. The molecule has 104 valence electrons. The van der Waals surface area contributed by atoms with Gasteiger partial charge in [0.05, 0.1) is 0 Å². The van der Waals surface area contributed by atoms with Crippen molar-refractivity contribution in [1.29, 1.82) is 0 Å². The normalized spacial score (nSPS) is 16.5. The molecule has 1 amide bonds. The Morgan fingerprint density at radius 1 is 1.45 bits per heavy atom. The third-order valence-corrected chi connectivity index (χ3v) is 3.44. The Bertz CT molecular complexity index is 583. The highest BCUT2D eigenvalue weighted by Gasteiger charge is 2.23. The number of aromatic nitrogens is 2. The zero-order chi connectivity index (χ0) is 13.8. The first-order valence-electron chi connectivity index (χ1n) is 6.68. The maximum absolute atomic E-state index is 11.9. The third-order valence-electron chi connectivity index (χ3n) is 3.44. The number of para-hydroxylation sites is 1. The molecule has 0 saturated carbocycles. The minimum Gasteiger partial charge on any atom is -0.384 e. The second-order valence-corrected chi connectivity index (χ2v) is 4.80. The largest absolute Gasteiger partial charge is 0.384 e. The van der Waals surface area contributed by atoms with Crippen molar-refractivity contribution in [3.8, 4) is 0 Å². The Morgan fingerprint density at radius 3 is 3.20 bits per heavy atom. The molecule has 6 nitrogen and oxygen atoms in total. The van der Waals surface area contributed by atoms with Crippen molar-refractivity contribution in [2.45, 2.75) is 18.8 Å². The number of hydrogen-bond acceptors (Lipinski definition) is 5. The van der Waals surface area contributed by atoms with Gasteiger partial charge in [-0.2, -0.15) is 4.98 Å². The summed E-state index contributed by atoms with van der Waals surface area (Å²) in [4.78, 5) is 15.8. The molecule has 1 aromatic carbocycles. The number of hydrogen-bond donors (Lipinski definition) is 2. The van der Waals surface area contributed by atoms with E-state index in [9.17, 15) is 4.79 Å². The summed E-state index contributed by atoms with van der Waals surface area (Å²) in [5, 5.41) is 9.73. The number of anilines is 1. The maximum Gasteiger partial charge on any atom is 0.228 e. The lowest BCUT2D eigenvalue weighted by molar-refractivity contribution is -0.121. The number of carbonyl (C=O) groups is 1. The van der Waals surface area contributed by atoms with Crippen LogP contribution in [0.5, 0.6) is 0 Å². The fourth-order valence-electron chi connectivity index (χ4n) is 2.45. The minimum atomic E-state index is 0.0491. The van der Waals surface area contributed by atoms with Gasteiger partial charge in [-0.1, -0.05) is 23.4 Å². The highest BCUT2D eigenvalue weighted by Crippen LogP contribution is 2.32. The van der Waals surface area contributed by atoms with E-state index in [1.807, 2.05) is 18.2 Å². The predicted octanol–water partition coefficient (Wildman–Crippen LogP) is 1.33.